The van der Waals surface area contributed by atoms with Crippen molar-refractivity contribution in [3.8, 4) is 0 Å². The van der Waals surface area contributed by atoms with Crippen LogP contribution in [-0.2, 0) is 6.42 Å². The van der Waals surface area contributed by atoms with Crippen molar-refractivity contribution >= 4 is 23.3 Å². The van der Waals surface area contributed by atoms with E-state index in [1.165, 1.54) is 0 Å². The molecule has 0 saturated carbocycles. The average Bonchev–Trinajstić information content (AvgIpc) is 2.91. The van der Waals surface area contributed by atoms with Gasteiger partial charge in [0.05, 0.1) is 5.71 Å². The molecule has 3 amide bonds. The fourth-order valence-corrected chi connectivity index (χ4v) is 3.03. The van der Waals surface area contributed by atoms with Crippen molar-refractivity contribution in [2.24, 2.45) is 10.8 Å². The van der Waals surface area contributed by atoms with Crippen molar-refractivity contribution in [1.82, 2.24) is 5.43 Å². The third-order valence-corrected chi connectivity index (χ3v) is 4.11. The van der Waals surface area contributed by atoms with Gasteiger partial charge >= 0.3 is 6.03 Å². The number of primary amides is 1. The van der Waals surface area contributed by atoms with Gasteiger partial charge in [-0.05, 0) is 44.4 Å². The zero-order valence-corrected chi connectivity index (χ0v) is 14.2. The van der Waals surface area contributed by atoms with E-state index in [4.69, 9.17) is 10.2 Å². The lowest BCUT2D eigenvalue weighted by atomic mass is 9.93. The largest absolute Gasteiger partial charge is 0.455 e. The van der Waals surface area contributed by atoms with E-state index in [-0.39, 0.29) is 11.7 Å². The van der Waals surface area contributed by atoms with Gasteiger partial charge in [0, 0.05) is 23.2 Å². The molecule has 130 valence electrons. The molecule has 1 heterocycles. The van der Waals surface area contributed by atoms with Crippen LogP contribution in [0.4, 0.5) is 10.5 Å². The van der Waals surface area contributed by atoms with Gasteiger partial charge in [-0.2, -0.15) is 5.10 Å². The quantitative estimate of drug-likeness (QED) is 0.747. The molecular formula is C18H20N4O3. The molecule has 1 aliphatic carbocycles. The number of hydrogen-bond donors (Lipinski definition) is 3. The number of fused-ring (bicyclic) bond motifs is 1. The van der Waals surface area contributed by atoms with Crippen molar-refractivity contribution in [3.63, 3.8) is 0 Å². The van der Waals surface area contributed by atoms with E-state index < -0.39 is 6.03 Å². The van der Waals surface area contributed by atoms with Gasteiger partial charge in [-0.25, -0.2) is 10.2 Å². The predicted octanol–water partition coefficient (Wildman–Crippen LogP) is 2.86. The van der Waals surface area contributed by atoms with Gasteiger partial charge in [0.1, 0.15) is 5.76 Å². The Hall–Kier alpha value is -3.09. The third kappa shape index (κ3) is 3.55. The van der Waals surface area contributed by atoms with E-state index in [2.05, 4.69) is 15.8 Å². The average molecular weight is 340 g/mol. The molecule has 0 spiro atoms. The zero-order chi connectivity index (χ0) is 18.0. The van der Waals surface area contributed by atoms with Crippen molar-refractivity contribution in [3.05, 3.63) is 52.5 Å². The number of furan rings is 1. The number of carbonyl (C=O) groups excluding carboxylic acids is 2. The van der Waals surface area contributed by atoms with E-state index in [9.17, 15) is 9.59 Å². The van der Waals surface area contributed by atoms with Gasteiger partial charge in [0.15, 0.2) is 5.76 Å². The van der Waals surface area contributed by atoms with Crippen LogP contribution in [0.15, 0.2) is 33.8 Å². The van der Waals surface area contributed by atoms with Gasteiger partial charge in [-0.3, -0.25) is 4.79 Å². The highest BCUT2D eigenvalue weighted by atomic mass is 16.4. The maximum Gasteiger partial charge on any atom is 0.332 e. The first-order valence-corrected chi connectivity index (χ1v) is 8.08. The fraction of sp³-hybridized carbons (Fsp3) is 0.278. The summed E-state index contributed by atoms with van der Waals surface area (Å²) < 4.78 is 5.80. The number of nitrogens with zero attached hydrogens (tertiary/aromatic N) is 1. The SMILES string of the molecule is Cc1cccc(NC(=O)c2oc3c(c2C)/C(=N/NC(N)=O)CCC3)c1. The molecule has 3 rings (SSSR count). The van der Waals surface area contributed by atoms with Crippen LogP contribution in [0.25, 0.3) is 0 Å². The molecule has 0 atom stereocenters. The summed E-state index contributed by atoms with van der Waals surface area (Å²) in [6.45, 7) is 3.78. The van der Waals surface area contributed by atoms with Gasteiger partial charge in [-0.15, -0.1) is 0 Å². The molecule has 2 aromatic rings. The Kier molecular flexibility index (Phi) is 4.56. The number of rotatable bonds is 3. The number of nitrogens with two attached hydrogens (primary N) is 1. The van der Waals surface area contributed by atoms with Crippen LogP contribution < -0.4 is 16.5 Å². The molecular weight excluding hydrogens is 320 g/mol. The van der Waals surface area contributed by atoms with Crippen molar-refractivity contribution in [2.45, 2.75) is 33.1 Å². The lowest BCUT2D eigenvalue weighted by Gasteiger charge is -2.13. The number of amides is 3. The first-order chi connectivity index (χ1) is 12.0. The van der Waals surface area contributed by atoms with Crippen LogP contribution in [0, 0.1) is 13.8 Å². The Morgan fingerprint density at radius 3 is 2.76 bits per heavy atom. The minimum absolute atomic E-state index is 0.264. The molecule has 1 aromatic carbocycles. The molecule has 0 aliphatic heterocycles. The van der Waals surface area contributed by atoms with Crippen molar-refractivity contribution in [1.29, 1.82) is 0 Å². The van der Waals surface area contributed by atoms with Crippen LogP contribution >= 0.6 is 0 Å². The molecule has 7 heteroatoms. The molecule has 25 heavy (non-hydrogen) atoms. The minimum atomic E-state index is -0.724. The number of nitrogens with one attached hydrogen (secondary N) is 2. The third-order valence-electron chi connectivity index (χ3n) is 4.11. The number of hydrogen-bond acceptors (Lipinski definition) is 4. The van der Waals surface area contributed by atoms with Gasteiger partial charge in [0.25, 0.3) is 5.91 Å². The standard InChI is InChI=1S/C18H20N4O3/c1-10-5-3-6-12(9-10)20-17(23)16-11(2)15-13(21-22-18(19)24)7-4-8-14(15)25-16/h3,5-6,9H,4,7-8H2,1-2H3,(H,20,23)(H3,19,22,24)/b21-13+. The number of urea groups is 1. The smallest absolute Gasteiger partial charge is 0.332 e. The fourth-order valence-electron chi connectivity index (χ4n) is 3.03. The van der Waals surface area contributed by atoms with Crippen molar-refractivity contribution in [2.75, 3.05) is 5.32 Å². The summed E-state index contributed by atoms with van der Waals surface area (Å²) in [5.74, 6) is 0.669. The second-order valence-electron chi connectivity index (χ2n) is 6.07. The molecule has 0 radical (unpaired) electrons. The first-order valence-electron chi connectivity index (χ1n) is 8.08. The summed E-state index contributed by atoms with van der Waals surface area (Å²) in [4.78, 5) is 23.5. The first kappa shape index (κ1) is 16.8. The lowest BCUT2D eigenvalue weighted by Crippen LogP contribution is -2.27. The monoisotopic (exact) mass is 340 g/mol. The van der Waals surface area contributed by atoms with Crippen LogP contribution in [-0.4, -0.2) is 17.6 Å². The molecule has 1 aliphatic rings. The molecule has 7 nitrogen and oxygen atoms in total. The number of carbonyl (C=O) groups is 2. The van der Waals surface area contributed by atoms with Gasteiger partial charge in [0.2, 0.25) is 0 Å². The Morgan fingerprint density at radius 2 is 2.04 bits per heavy atom. The Balaban J connectivity index is 1.90. The highest BCUT2D eigenvalue weighted by Gasteiger charge is 2.28. The van der Waals surface area contributed by atoms with Crippen LogP contribution in [0.5, 0.6) is 0 Å². The van der Waals surface area contributed by atoms with E-state index in [1.807, 2.05) is 38.1 Å². The maximum absolute atomic E-state index is 12.6. The highest BCUT2D eigenvalue weighted by molar-refractivity contribution is 6.09. The molecule has 0 saturated heterocycles. The Morgan fingerprint density at radius 1 is 1.24 bits per heavy atom. The highest BCUT2D eigenvalue weighted by Crippen LogP contribution is 2.30. The summed E-state index contributed by atoms with van der Waals surface area (Å²) in [6, 6.07) is 6.83. The van der Waals surface area contributed by atoms with Crippen molar-refractivity contribution < 1.29 is 14.0 Å². The zero-order valence-electron chi connectivity index (χ0n) is 14.2. The summed E-state index contributed by atoms with van der Waals surface area (Å²) in [6.07, 6.45) is 2.24. The number of benzene rings is 1. The molecule has 0 unspecified atom stereocenters. The summed E-state index contributed by atoms with van der Waals surface area (Å²) in [7, 11) is 0. The second kappa shape index (κ2) is 6.80. The van der Waals surface area contributed by atoms with Crippen LogP contribution in [0.1, 0.15) is 45.8 Å². The molecule has 1 aromatic heterocycles. The Bertz CT molecular complexity index is 867. The summed E-state index contributed by atoms with van der Waals surface area (Å²) >= 11 is 0. The summed E-state index contributed by atoms with van der Waals surface area (Å²) in [5.41, 5.74) is 11.3. The number of aryl methyl sites for hydroxylation is 2. The van der Waals surface area contributed by atoms with E-state index >= 15 is 0 Å². The van der Waals surface area contributed by atoms with Crippen LogP contribution in [0.2, 0.25) is 0 Å². The Labute approximate surface area is 145 Å². The lowest BCUT2D eigenvalue weighted by molar-refractivity contribution is 0.0994. The van der Waals surface area contributed by atoms with Gasteiger partial charge < -0.3 is 15.5 Å². The van der Waals surface area contributed by atoms with Gasteiger partial charge in [-0.1, -0.05) is 12.1 Å². The number of hydrazone groups is 1. The minimum Gasteiger partial charge on any atom is -0.455 e. The maximum atomic E-state index is 12.6. The van der Waals surface area contributed by atoms with E-state index in [0.29, 0.717) is 29.1 Å². The van der Waals surface area contributed by atoms with E-state index in [1.54, 1.807) is 0 Å². The summed E-state index contributed by atoms with van der Waals surface area (Å²) in [5, 5.41) is 6.91. The second-order valence-corrected chi connectivity index (χ2v) is 6.07. The van der Waals surface area contributed by atoms with Crippen LogP contribution in [0.3, 0.4) is 0 Å². The topological polar surface area (TPSA) is 110 Å². The normalized spacial score (nSPS) is 14.9. The number of anilines is 1. The molecule has 0 fully saturated rings. The molecule has 4 N–H and O–H groups in total. The predicted molar refractivity (Wildman–Crippen MR) is 94.8 cm³/mol. The molecule has 0 bridgehead atoms. The van der Waals surface area contributed by atoms with E-state index in [0.717, 1.165) is 24.0 Å².